The summed E-state index contributed by atoms with van der Waals surface area (Å²) >= 11 is 1.30. The second-order valence-electron chi connectivity index (χ2n) is 6.32. The number of benzene rings is 2. The average molecular weight is 438 g/mol. The minimum atomic E-state index is -0.256. The first-order chi connectivity index (χ1) is 15.1. The molecule has 0 saturated carbocycles. The van der Waals surface area contributed by atoms with Gasteiger partial charge in [0.25, 0.3) is 11.8 Å². The molecule has 160 valence electrons. The van der Waals surface area contributed by atoms with Crippen molar-refractivity contribution in [2.75, 3.05) is 25.6 Å². The van der Waals surface area contributed by atoms with Gasteiger partial charge in [0.05, 0.1) is 12.8 Å². The minimum absolute atomic E-state index is 0.133. The Bertz CT molecular complexity index is 1060. The van der Waals surface area contributed by atoms with E-state index in [0.29, 0.717) is 28.7 Å². The number of hydrogen-bond acceptors (Lipinski definition) is 6. The monoisotopic (exact) mass is 437 g/mol. The van der Waals surface area contributed by atoms with E-state index in [1.54, 1.807) is 19.3 Å². The first-order valence-corrected chi connectivity index (χ1v) is 10.5. The fourth-order valence-corrected chi connectivity index (χ4v) is 3.41. The van der Waals surface area contributed by atoms with Crippen LogP contribution in [0.5, 0.6) is 11.5 Å². The molecule has 0 aliphatic carbocycles. The molecule has 31 heavy (non-hydrogen) atoms. The first-order valence-electron chi connectivity index (χ1n) is 9.69. The van der Waals surface area contributed by atoms with Crippen molar-refractivity contribution < 1.29 is 19.1 Å². The lowest BCUT2D eigenvalue weighted by atomic mass is 10.2. The summed E-state index contributed by atoms with van der Waals surface area (Å²) in [4.78, 5) is 28.6. The topological polar surface area (TPSA) is 89.6 Å². The van der Waals surface area contributed by atoms with E-state index >= 15 is 0 Å². The zero-order valence-electron chi connectivity index (χ0n) is 17.3. The van der Waals surface area contributed by atoms with Gasteiger partial charge in [0.2, 0.25) is 0 Å². The molecule has 0 fully saturated rings. The van der Waals surface area contributed by atoms with Gasteiger partial charge in [-0.25, -0.2) is 4.98 Å². The highest BCUT2D eigenvalue weighted by atomic mass is 32.1. The van der Waals surface area contributed by atoms with Crippen molar-refractivity contribution in [3.63, 3.8) is 0 Å². The number of anilines is 1. The number of carbonyl (C=O) groups is 2. The van der Waals surface area contributed by atoms with E-state index < -0.39 is 0 Å². The van der Waals surface area contributed by atoms with Gasteiger partial charge in [-0.15, -0.1) is 11.3 Å². The lowest BCUT2D eigenvalue weighted by Gasteiger charge is -2.12. The molecule has 8 heteroatoms. The smallest absolute Gasteiger partial charge is 0.262 e. The lowest BCUT2D eigenvalue weighted by Crippen LogP contribution is -2.20. The number of thiazole rings is 1. The van der Waals surface area contributed by atoms with Crippen LogP contribution in [0.4, 0.5) is 5.69 Å². The lowest BCUT2D eigenvalue weighted by molar-refractivity contribution is -0.118. The fraction of sp³-hybridized carbons (Fsp3) is 0.174. The predicted molar refractivity (Wildman–Crippen MR) is 123 cm³/mol. The molecule has 0 saturated heterocycles. The SMILES string of the molecule is CCOc1cc(/C=C/c2ncc(C(=O)NC)s2)ccc1OCC(=O)Nc1ccccc1. The number of nitrogens with one attached hydrogen (secondary N) is 2. The van der Waals surface area contributed by atoms with Crippen molar-refractivity contribution >= 4 is 41.0 Å². The minimum Gasteiger partial charge on any atom is -0.490 e. The van der Waals surface area contributed by atoms with Gasteiger partial charge in [-0.1, -0.05) is 30.3 Å². The van der Waals surface area contributed by atoms with Crippen LogP contribution < -0.4 is 20.1 Å². The van der Waals surface area contributed by atoms with Crippen LogP contribution in [0.2, 0.25) is 0 Å². The Kier molecular flexibility index (Phi) is 7.78. The Hall–Kier alpha value is -3.65. The van der Waals surface area contributed by atoms with E-state index in [1.807, 2.05) is 61.5 Å². The van der Waals surface area contributed by atoms with Crippen LogP contribution in [0, 0.1) is 0 Å². The van der Waals surface area contributed by atoms with Gasteiger partial charge in [-0.2, -0.15) is 0 Å². The number of rotatable bonds is 9. The number of ether oxygens (including phenoxy) is 2. The number of amides is 2. The van der Waals surface area contributed by atoms with Gasteiger partial charge in [-0.05, 0) is 42.8 Å². The summed E-state index contributed by atoms with van der Waals surface area (Å²) in [5.74, 6) is 0.614. The summed E-state index contributed by atoms with van der Waals surface area (Å²) in [5.41, 5.74) is 1.59. The molecule has 3 aromatic rings. The Morgan fingerprint density at radius 2 is 1.87 bits per heavy atom. The maximum absolute atomic E-state index is 12.1. The van der Waals surface area contributed by atoms with Crippen LogP contribution >= 0.6 is 11.3 Å². The van der Waals surface area contributed by atoms with E-state index in [2.05, 4.69) is 15.6 Å². The number of aromatic nitrogens is 1. The van der Waals surface area contributed by atoms with E-state index in [0.717, 1.165) is 10.6 Å². The van der Waals surface area contributed by atoms with E-state index in [1.165, 1.54) is 11.3 Å². The molecule has 0 atom stereocenters. The molecule has 0 unspecified atom stereocenters. The summed E-state index contributed by atoms with van der Waals surface area (Å²) < 4.78 is 11.3. The fourth-order valence-electron chi connectivity index (χ4n) is 2.64. The molecule has 3 rings (SSSR count). The van der Waals surface area contributed by atoms with Crippen molar-refractivity contribution in [2.24, 2.45) is 0 Å². The molecule has 0 aliphatic heterocycles. The summed E-state index contributed by atoms with van der Waals surface area (Å²) in [5, 5.41) is 6.07. The maximum atomic E-state index is 12.1. The third-order valence-corrected chi connectivity index (χ3v) is 5.04. The second-order valence-corrected chi connectivity index (χ2v) is 7.38. The number of carbonyl (C=O) groups excluding carboxylic acids is 2. The van der Waals surface area contributed by atoms with Crippen molar-refractivity contribution in [2.45, 2.75) is 6.92 Å². The number of hydrogen-bond donors (Lipinski definition) is 2. The van der Waals surface area contributed by atoms with Gasteiger partial charge in [0.15, 0.2) is 18.1 Å². The maximum Gasteiger partial charge on any atom is 0.262 e. The zero-order valence-corrected chi connectivity index (χ0v) is 18.1. The molecule has 0 radical (unpaired) electrons. The molecule has 0 spiro atoms. The Morgan fingerprint density at radius 3 is 2.61 bits per heavy atom. The summed E-state index contributed by atoms with van der Waals surface area (Å²) in [6.07, 6.45) is 5.25. The highest BCUT2D eigenvalue weighted by molar-refractivity contribution is 7.14. The molecular weight excluding hydrogens is 414 g/mol. The summed E-state index contributed by atoms with van der Waals surface area (Å²) in [6.45, 7) is 2.21. The van der Waals surface area contributed by atoms with E-state index in [-0.39, 0.29) is 18.4 Å². The largest absolute Gasteiger partial charge is 0.490 e. The highest BCUT2D eigenvalue weighted by Crippen LogP contribution is 2.29. The molecule has 0 aliphatic rings. The summed E-state index contributed by atoms with van der Waals surface area (Å²) in [7, 11) is 1.59. The highest BCUT2D eigenvalue weighted by Gasteiger charge is 2.10. The van der Waals surface area contributed by atoms with Crippen molar-refractivity contribution in [3.8, 4) is 11.5 Å². The molecule has 1 aromatic heterocycles. The van der Waals surface area contributed by atoms with Crippen LogP contribution in [0.15, 0.2) is 54.7 Å². The Morgan fingerprint density at radius 1 is 1.06 bits per heavy atom. The second kappa shape index (κ2) is 10.9. The van der Waals surface area contributed by atoms with Crippen LogP contribution in [-0.2, 0) is 4.79 Å². The molecule has 7 nitrogen and oxygen atoms in total. The van der Waals surface area contributed by atoms with Gasteiger partial charge in [0.1, 0.15) is 9.88 Å². The molecule has 1 heterocycles. The van der Waals surface area contributed by atoms with Gasteiger partial charge in [0, 0.05) is 12.7 Å². The van der Waals surface area contributed by atoms with E-state index in [9.17, 15) is 9.59 Å². The average Bonchev–Trinajstić information content (AvgIpc) is 3.26. The van der Waals surface area contributed by atoms with Crippen molar-refractivity contribution in [1.29, 1.82) is 0 Å². The van der Waals surface area contributed by atoms with Gasteiger partial charge in [-0.3, -0.25) is 9.59 Å². The standard InChI is InChI=1S/C23H23N3O4S/c1-3-29-19-13-16(10-12-22-25-14-20(31-22)23(28)24-2)9-11-18(19)30-15-21(27)26-17-7-5-4-6-8-17/h4-14H,3,15H2,1-2H3,(H,24,28)(H,26,27)/b12-10+. The predicted octanol–water partition coefficient (Wildman–Crippen LogP) is 4.09. The third-order valence-electron chi connectivity index (χ3n) is 4.08. The molecule has 0 bridgehead atoms. The van der Waals surface area contributed by atoms with Crippen LogP contribution in [-0.4, -0.2) is 37.1 Å². The van der Waals surface area contributed by atoms with Gasteiger partial charge < -0.3 is 20.1 Å². The summed E-state index contributed by atoms with van der Waals surface area (Å²) in [6, 6.07) is 14.6. The van der Waals surface area contributed by atoms with Crippen molar-refractivity contribution in [3.05, 3.63) is 70.2 Å². The zero-order chi connectivity index (χ0) is 22.1. The first kappa shape index (κ1) is 22.0. The normalized spacial score (nSPS) is 10.6. The molecule has 2 amide bonds. The van der Waals surface area contributed by atoms with Crippen LogP contribution in [0.25, 0.3) is 12.2 Å². The number of nitrogens with zero attached hydrogens (tertiary/aromatic N) is 1. The Labute approximate surface area is 184 Å². The van der Waals surface area contributed by atoms with Crippen molar-refractivity contribution in [1.82, 2.24) is 10.3 Å². The van der Waals surface area contributed by atoms with Crippen LogP contribution in [0.3, 0.4) is 0 Å². The van der Waals surface area contributed by atoms with Gasteiger partial charge >= 0.3 is 0 Å². The van der Waals surface area contributed by atoms with E-state index in [4.69, 9.17) is 9.47 Å². The third kappa shape index (κ3) is 6.42. The molecule has 2 N–H and O–H groups in total. The Balaban J connectivity index is 1.65. The molecular formula is C23H23N3O4S. The quantitative estimate of drug-likeness (QED) is 0.526. The number of para-hydroxylation sites is 1. The molecule has 2 aromatic carbocycles. The van der Waals surface area contributed by atoms with Crippen LogP contribution in [0.1, 0.15) is 27.2 Å².